The van der Waals surface area contributed by atoms with E-state index in [-0.39, 0.29) is 10.6 Å². The third-order valence-electron chi connectivity index (χ3n) is 4.41. The summed E-state index contributed by atoms with van der Waals surface area (Å²) in [4.78, 5) is 4.39. The maximum atomic E-state index is 13.0. The largest absolute Gasteiger partial charge is 0.379 e. The highest BCUT2D eigenvalue weighted by molar-refractivity contribution is 7.87. The fraction of sp³-hybridized carbons (Fsp3) is 0.0435. The summed E-state index contributed by atoms with van der Waals surface area (Å²) in [6.45, 7) is 2.04. The second-order valence-corrected chi connectivity index (χ2v) is 9.24. The van der Waals surface area contributed by atoms with Crippen LogP contribution in [0.1, 0.15) is 11.1 Å². The summed E-state index contributed by atoms with van der Waals surface area (Å²) in [5.74, 6) is -0.382. The lowest BCUT2D eigenvalue weighted by molar-refractivity contribution is 0.486. The van der Waals surface area contributed by atoms with Crippen LogP contribution in [0.3, 0.4) is 0 Å². The smallest absolute Gasteiger partial charge is 0.339 e. The van der Waals surface area contributed by atoms with Gasteiger partial charge in [-0.1, -0.05) is 29.8 Å². The predicted molar refractivity (Wildman–Crippen MR) is 124 cm³/mol. The van der Waals surface area contributed by atoms with Gasteiger partial charge in [-0.25, -0.2) is 9.37 Å². The molecule has 0 unspecified atom stereocenters. The fourth-order valence-electron chi connectivity index (χ4n) is 2.73. The first kappa shape index (κ1) is 21.7. The Labute approximate surface area is 189 Å². The number of hydrazone groups is 1. The molecular formula is C23H18FN3O3S2. The van der Waals surface area contributed by atoms with E-state index in [1.807, 2.05) is 36.6 Å². The van der Waals surface area contributed by atoms with Gasteiger partial charge in [0.05, 0.1) is 11.9 Å². The van der Waals surface area contributed by atoms with E-state index in [4.69, 9.17) is 4.18 Å². The van der Waals surface area contributed by atoms with Crippen LogP contribution < -0.4 is 9.61 Å². The molecule has 0 spiro atoms. The molecule has 0 amide bonds. The number of hydrogen-bond acceptors (Lipinski definition) is 7. The van der Waals surface area contributed by atoms with Crippen LogP contribution in [-0.4, -0.2) is 19.6 Å². The van der Waals surface area contributed by atoms with Gasteiger partial charge in [0, 0.05) is 10.9 Å². The molecule has 162 valence electrons. The number of rotatable bonds is 7. The van der Waals surface area contributed by atoms with Crippen LogP contribution >= 0.6 is 11.3 Å². The van der Waals surface area contributed by atoms with Gasteiger partial charge in [0.25, 0.3) is 0 Å². The molecule has 1 heterocycles. The molecule has 0 radical (unpaired) electrons. The van der Waals surface area contributed by atoms with Crippen molar-refractivity contribution in [3.05, 3.63) is 95.1 Å². The van der Waals surface area contributed by atoms with Gasteiger partial charge < -0.3 is 4.18 Å². The maximum Gasteiger partial charge on any atom is 0.339 e. The van der Waals surface area contributed by atoms with E-state index in [2.05, 4.69) is 15.5 Å². The van der Waals surface area contributed by atoms with Gasteiger partial charge in [0.2, 0.25) is 5.13 Å². The molecular weight excluding hydrogens is 449 g/mol. The van der Waals surface area contributed by atoms with Crippen molar-refractivity contribution in [2.24, 2.45) is 5.10 Å². The van der Waals surface area contributed by atoms with Gasteiger partial charge in [0.1, 0.15) is 16.5 Å². The topological polar surface area (TPSA) is 80.7 Å². The summed E-state index contributed by atoms with van der Waals surface area (Å²) < 4.78 is 42.6. The first-order valence-electron chi connectivity index (χ1n) is 9.51. The molecule has 0 aliphatic carbocycles. The van der Waals surface area contributed by atoms with Crippen molar-refractivity contribution in [1.29, 1.82) is 0 Å². The number of benzene rings is 3. The summed E-state index contributed by atoms with van der Waals surface area (Å²) in [7, 11) is -4.04. The summed E-state index contributed by atoms with van der Waals surface area (Å²) in [5.41, 5.74) is 6.73. The zero-order valence-electron chi connectivity index (χ0n) is 16.9. The highest BCUT2D eigenvalue weighted by atomic mass is 32.2. The minimum Gasteiger partial charge on any atom is -0.379 e. The molecule has 32 heavy (non-hydrogen) atoms. The average Bonchev–Trinajstić information content (AvgIpc) is 3.24. The van der Waals surface area contributed by atoms with E-state index in [1.165, 1.54) is 29.0 Å². The van der Waals surface area contributed by atoms with Gasteiger partial charge in [-0.15, -0.1) is 11.3 Å². The van der Waals surface area contributed by atoms with E-state index in [0.29, 0.717) is 5.13 Å². The van der Waals surface area contributed by atoms with Gasteiger partial charge in [-0.2, -0.15) is 13.5 Å². The second kappa shape index (κ2) is 9.29. The molecule has 0 atom stereocenters. The summed E-state index contributed by atoms with van der Waals surface area (Å²) >= 11 is 1.45. The number of nitrogens with one attached hydrogen (secondary N) is 1. The molecule has 1 N–H and O–H groups in total. The van der Waals surface area contributed by atoms with Gasteiger partial charge in [0.15, 0.2) is 0 Å². The van der Waals surface area contributed by atoms with Gasteiger partial charge >= 0.3 is 10.1 Å². The number of halogens is 1. The van der Waals surface area contributed by atoms with Crippen molar-refractivity contribution in [2.45, 2.75) is 11.8 Å². The van der Waals surface area contributed by atoms with Crippen LogP contribution in [0.15, 0.2) is 88.2 Å². The minimum absolute atomic E-state index is 0.123. The zero-order valence-corrected chi connectivity index (χ0v) is 18.5. The van der Waals surface area contributed by atoms with Crippen molar-refractivity contribution in [3.63, 3.8) is 0 Å². The molecule has 0 fully saturated rings. The Balaban J connectivity index is 1.36. The Morgan fingerprint density at radius 1 is 1.00 bits per heavy atom. The molecule has 0 aliphatic rings. The van der Waals surface area contributed by atoms with Crippen LogP contribution in [-0.2, 0) is 10.1 Å². The molecule has 1 aromatic heterocycles. The molecule has 9 heteroatoms. The van der Waals surface area contributed by atoms with Crippen LogP contribution in [0.5, 0.6) is 5.75 Å². The standard InChI is InChI=1S/C23H18FN3O3S2/c1-16-2-6-18(7-3-16)22-15-31-23(26-22)27-25-14-17-4-10-20(11-5-17)30-32(28,29)21-12-8-19(24)9-13-21/h2-15H,1H3,(H,26,27)/b25-14-. The Kier molecular flexibility index (Phi) is 6.29. The summed E-state index contributed by atoms with van der Waals surface area (Å²) in [6.07, 6.45) is 1.59. The summed E-state index contributed by atoms with van der Waals surface area (Å²) in [5, 5.41) is 6.78. The van der Waals surface area contributed by atoms with E-state index in [0.717, 1.165) is 41.1 Å². The first-order valence-corrected chi connectivity index (χ1v) is 11.8. The lowest BCUT2D eigenvalue weighted by Crippen LogP contribution is -2.09. The lowest BCUT2D eigenvalue weighted by atomic mass is 10.1. The normalized spacial score (nSPS) is 11.6. The number of aromatic nitrogens is 1. The Bertz CT molecular complexity index is 1330. The van der Waals surface area contributed by atoms with Crippen molar-refractivity contribution in [1.82, 2.24) is 4.98 Å². The molecule has 6 nitrogen and oxygen atoms in total. The molecule has 0 saturated heterocycles. The maximum absolute atomic E-state index is 13.0. The predicted octanol–water partition coefficient (Wildman–Crippen LogP) is 5.47. The molecule has 4 rings (SSSR count). The van der Waals surface area contributed by atoms with Crippen molar-refractivity contribution in [3.8, 4) is 17.0 Å². The highest BCUT2D eigenvalue weighted by Gasteiger charge is 2.16. The second-order valence-electron chi connectivity index (χ2n) is 6.83. The number of anilines is 1. The van der Waals surface area contributed by atoms with Gasteiger partial charge in [-0.3, -0.25) is 5.43 Å². The van der Waals surface area contributed by atoms with Crippen molar-refractivity contribution >= 4 is 32.8 Å². The molecule has 0 saturated carbocycles. The van der Waals surface area contributed by atoms with Crippen LogP contribution in [0.2, 0.25) is 0 Å². The Morgan fingerprint density at radius 3 is 2.38 bits per heavy atom. The SMILES string of the molecule is Cc1ccc(-c2csc(N/N=C\c3ccc(OS(=O)(=O)c4ccc(F)cc4)cc3)n2)cc1. The highest BCUT2D eigenvalue weighted by Crippen LogP contribution is 2.25. The molecule has 0 aliphatic heterocycles. The average molecular weight is 468 g/mol. The number of nitrogens with zero attached hydrogens (tertiary/aromatic N) is 2. The summed E-state index contributed by atoms with van der Waals surface area (Å²) in [6, 6.07) is 18.9. The number of thiazole rings is 1. The Hall–Kier alpha value is -3.56. The third-order valence-corrected chi connectivity index (χ3v) is 6.42. The van der Waals surface area contributed by atoms with E-state index in [1.54, 1.807) is 18.3 Å². The first-order chi connectivity index (χ1) is 15.4. The van der Waals surface area contributed by atoms with Crippen LogP contribution in [0.25, 0.3) is 11.3 Å². The number of aryl methyl sites for hydroxylation is 1. The molecule has 4 aromatic rings. The van der Waals surface area contributed by atoms with E-state index < -0.39 is 15.9 Å². The van der Waals surface area contributed by atoms with Crippen LogP contribution in [0.4, 0.5) is 9.52 Å². The quantitative estimate of drug-likeness (QED) is 0.221. The van der Waals surface area contributed by atoms with E-state index >= 15 is 0 Å². The monoisotopic (exact) mass is 467 g/mol. The molecule has 3 aromatic carbocycles. The lowest BCUT2D eigenvalue weighted by Gasteiger charge is -2.07. The van der Waals surface area contributed by atoms with Crippen molar-refractivity contribution in [2.75, 3.05) is 5.43 Å². The van der Waals surface area contributed by atoms with Crippen molar-refractivity contribution < 1.29 is 17.0 Å². The molecule has 0 bridgehead atoms. The zero-order chi connectivity index (χ0) is 22.6. The fourth-order valence-corrected chi connectivity index (χ4v) is 4.33. The minimum atomic E-state index is -4.04. The van der Waals surface area contributed by atoms with Crippen LogP contribution in [0, 0.1) is 12.7 Å². The van der Waals surface area contributed by atoms with Gasteiger partial charge in [-0.05, 0) is 61.0 Å². The third kappa shape index (κ3) is 5.37. The Morgan fingerprint density at radius 2 is 1.69 bits per heavy atom. The van der Waals surface area contributed by atoms with E-state index in [9.17, 15) is 12.8 Å². The number of hydrogen-bond donors (Lipinski definition) is 1.